The summed E-state index contributed by atoms with van der Waals surface area (Å²) < 4.78 is 7.67. The minimum Gasteiger partial charge on any atom is -0.484 e. The van der Waals surface area contributed by atoms with Gasteiger partial charge >= 0.3 is 0 Å². The maximum absolute atomic E-state index is 13.3. The van der Waals surface area contributed by atoms with E-state index in [0.717, 1.165) is 43.2 Å². The fraction of sp³-hybridized carbons (Fsp3) is 0.480. The monoisotopic (exact) mass is 480 g/mol. The molecule has 1 aromatic carbocycles. The molecular formula is C25H32N6O4. The minimum atomic E-state index is -0.750. The molecule has 1 saturated heterocycles. The van der Waals surface area contributed by atoms with Gasteiger partial charge in [0.1, 0.15) is 16.9 Å². The Labute approximate surface area is 204 Å². The van der Waals surface area contributed by atoms with Crippen molar-refractivity contribution in [2.24, 2.45) is 0 Å². The highest BCUT2D eigenvalue weighted by atomic mass is 16.5. The molecule has 10 heteroatoms. The largest absolute Gasteiger partial charge is 0.484 e. The molecule has 0 saturated carbocycles. The van der Waals surface area contributed by atoms with E-state index in [9.17, 15) is 15.0 Å². The number of anilines is 2. The number of piperazine rings is 1. The number of hydrogen-bond acceptors (Lipinski definition) is 8. The van der Waals surface area contributed by atoms with Crippen molar-refractivity contribution < 1.29 is 19.7 Å². The van der Waals surface area contributed by atoms with E-state index in [1.165, 1.54) is 6.20 Å². The lowest BCUT2D eigenvalue weighted by Crippen LogP contribution is -2.50. The molecule has 1 unspecified atom stereocenters. The Balaban J connectivity index is 1.44. The molecule has 5 rings (SSSR count). The number of hydrogen-bond donors (Lipinski definition) is 3. The van der Waals surface area contributed by atoms with Gasteiger partial charge in [0.15, 0.2) is 5.65 Å². The minimum absolute atomic E-state index is 0.0948. The van der Waals surface area contributed by atoms with Crippen LogP contribution in [0, 0.1) is 0 Å². The van der Waals surface area contributed by atoms with E-state index >= 15 is 0 Å². The normalized spacial score (nSPS) is 20.7. The van der Waals surface area contributed by atoms with Gasteiger partial charge in [-0.2, -0.15) is 5.10 Å². The molecule has 1 atom stereocenters. The Morgan fingerprint density at radius 3 is 2.74 bits per heavy atom. The van der Waals surface area contributed by atoms with Gasteiger partial charge in [-0.15, -0.1) is 0 Å². The van der Waals surface area contributed by atoms with Crippen molar-refractivity contribution in [1.29, 1.82) is 0 Å². The fourth-order valence-electron chi connectivity index (χ4n) is 4.87. The second-order valence-electron chi connectivity index (χ2n) is 10.3. The molecule has 4 heterocycles. The van der Waals surface area contributed by atoms with Crippen LogP contribution in [0.1, 0.15) is 36.7 Å². The van der Waals surface area contributed by atoms with E-state index in [0.29, 0.717) is 29.9 Å². The van der Waals surface area contributed by atoms with Gasteiger partial charge in [0.05, 0.1) is 29.8 Å². The zero-order chi connectivity index (χ0) is 24.8. The van der Waals surface area contributed by atoms with Crippen molar-refractivity contribution in [2.75, 3.05) is 49.5 Å². The lowest BCUT2D eigenvalue weighted by atomic mass is 9.99. The molecule has 3 aromatic rings. The van der Waals surface area contributed by atoms with E-state index in [2.05, 4.69) is 25.2 Å². The number of aliphatic hydroxyl groups excluding tert-OH is 1. The molecule has 1 amide bonds. The first-order valence-electron chi connectivity index (χ1n) is 11.9. The third-order valence-corrected chi connectivity index (χ3v) is 6.53. The van der Waals surface area contributed by atoms with E-state index in [1.54, 1.807) is 23.0 Å². The van der Waals surface area contributed by atoms with E-state index in [1.807, 2.05) is 32.9 Å². The van der Waals surface area contributed by atoms with Crippen molar-refractivity contribution in [3.63, 3.8) is 0 Å². The van der Waals surface area contributed by atoms with Gasteiger partial charge in [-0.25, -0.2) is 9.50 Å². The number of rotatable bonds is 6. The van der Waals surface area contributed by atoms with Crippen molar-refractivity contribution >= 4 is 22.9 Å². The Morgan fingerprint density at radius 2 is 2.03 bits per heavy atom. The molecule has 0 bridgehead atoms. The standard InChI is InChI=1S/C25H32N6O4/c1-24(2,34)15-29-7-9-30(10-8-29)20-12-21-17(13-25(3,16-32)35-21)11-19(20)28-23(33)18-14-27-31-6-4-5-26-22(18)31/h4-6,11-12,14,32,34H,7-10,13,15-16H2,1-3H3,(H,28,33). The van der Waals surface area contributed by atoms with Crippen LogP contribution in [-0.4, -0.2) is 86.2 Å². The maximum Gasteiger partial charge on any atom is 0.261 e. The van der Waals surface area contributed by atoms with Gasteiger partial charge in [0, 0.05) is 63.2 Å². The van der Waals surface area contributed by atoms with Crippen LogP contribution in [0.15, 0.2) is 36.8 Å². The van der Waals surface area contributed by atoms with Crippen LogP contribution in [-0.2, 0) is 6.42 Å². The van der Waals surface area contributed by atoms with Crippen LogP contribution in [0.5, 0.6) is 5.75 Å². The quantitative estimate of drug-likeness (QED) is 0.487. The molecule has 2 aliphatic heterocycles. The molecule has 2 aromatic heterocycles. The summed E-state index contributed by atoms with van der Waals surface area (Å²) in [7, 11) is 0. The number of carbonyl (C=O) groups is 1. The maximum atomic E-state index is 13.3. The first-order chi connectivity index (χ1) is 16.6. The molecule has 0 aliphatic carbocycles. The molecule has 35 heavy (non-hydrogen) atoms. The zero-order valence-electron chi connectivity index (χ0n) is 20.4. The van der Waals surface area contributed by atoms with Crippen LogP contribution < -0.4 is 15.0 Å². The first-order valence-corrected chi connectivity index (χ1v) is 11.9. The molecule has 186 valence electrons. The number of benzene rings is 1. The number of fused-ring (bicyclic) bond motifs is 2. The van der Waals surface area contributed by atoms with Gasteiger partial charge in [0.25, 0.3) is 5.91 Å². The van der Waals surface area contributed by atoms with Gasteiger partial charge in [-0.1, -0.05) is 0 Å². The molecule has 10 nitrogen and oxygen atoms in total. The predicted molar refractivity (Wildman–Crippen MR) is 132 cm³/mol. The van der Waals surface area contributed by atoms with Crippen molar-refractivity contribution in [1.82, 2.24) is 19.5 Å². The Kier molecular flexibility index (Phi) is 5.90. The Bertz CT molecular complexity index is 1240. The summed E-state index contributed by atoms with van der Waals surface area (Å²) in [5.41, 5.74) is 1.95. The van der Waals surface area contributed by atoms with E-state index < -0.39 is 11.2 Å². The van der Waals surface area contributed by atoms with Crippen LogP contribution >= 0.6 is 0 Å². The summed E-state index contributed by atoms with van der Waals surface area (Å²) in [6, 6.07) is 5.67. The highest BCUT2D eigenvalue weighted by Crippen LogP contribution is 2.42. The van der Waals surface area contributed by atoms with Crippen LogP contribution in [0.25, 0.3) is 5.65 Å². The summed E-state index contributed by atoms with van der Waals surface area (Å²) in [6.45, 7) is 9.10. The topological polar surface area (TPSA) is 115 Å². The van der Waals surface area contributed by atoms with Crippen LogP contribution in [0.3, 0.4) is 0 Å². The number of β-amino-alcohol motifs (C(OH)–C–C–N with tert-alkyl or cyclic N) is 1. The number of aliphatic hydroxyl groups is 2. The summed E-state index contributed by atoms with van der Waals surface area (Å²) >= 11 is 0. The summed E-state index contributed by atoms with van der Waals surface area (Å²) in [4.78, 5) is 22.1. The van der Waals surface area contributed by atoms with Crippen molar-refractivity contribution in [3.8, 4) is 5.75 Å². The van der Waals surface area contributed by atoms with E-state index in [4.69, 9.17) is 4.74 Å². The lowest BCUT2D eigenvalue weighted by Gasteiger charge is -2.39. The SMILES string of the molecule is CC(C)(O)CN1CCN(c2cc3c(cc2NC(=O)c2cnn4cccnc24)CC(C)(CO)O3)CC1. The number of amides is 1. The highest BCUT2D eigenvalue weighted by Gasteiger charge is 2.36. The molecule has 2 aliphatic rings. The van der Waals surface area contributed by atoms with Crippen LogP contribution in [0.2, 0.25) is 0 Å². The third kappa shape index (κ3) is 4.82. The summed E-state index contributed by atoms with van der Waals surface area (Å²) in [5.74, 6) is 0.440. The third-order valence-electron chi connectivity index (χ3n) is 6.53. The number of nitrogens with zero attached hydrogens (tertiary/aromatic N) is 5. The zero-order valence-corrected chi connectivity index (χ0v) is 20.4. The van der Waals surface area contributed by atoms with Crippen molar-refractivity contribution in [3.05, 3.63) is 47.9 Å². The number of nitrogens with one attached hydrogen (secondary N) is 1. The molecule has 1 fully saturated rings. The van der Waals surface area contributed by atoms with Gasteiger partial charge < -0.3 is 25.2 Å². The lowest BCUT2D eigenvalue weighted by molar-refractivity contribution is 0.0345. The smallest absolute Gasteiger partial charge is 0.261 e. The number of aromatic nitrogens is 3. The Hall–Kier alpha value is -3.21. The van der Waals surface area contributed by atoms with Crippen LogP contribution in [0.4, 0.5) is 11.4 Å². The molecule has 0 radical (unpaired) electrons. The Morgan fingerprint density at radius 1 is 1.26 bits per heavy atom. The number of ether oxygens (including phenoxy) is 1. The second-order valence-corrected chi connectivity index (χ2v) is 10.3. The molecular weight excluding hydrogens is 448 g/mol. The molecule has 0 spiro atoms. The summed E-state index contributed by atoms with van der Waals surface area (Å²) in [5, 5.41) is 27.3. The first kappa shape index (κ1) is 23.5. The summed E-state index contributed by atoms with van der Waals surface area (Å²) in [6.07, 6.45) is 5.46. The average molecular weight is 481 g/mol. The highest BCUT2D eigenvalue weighted by molar-refractivity contribution is 6.09. The number of carbonyl (C=O) groups excluding carboxylic acids is 1. The van der Waals surface area contributed by atoms with Crippen molar-refractivity contribution in [2.45, 2.75) is 38.4 Å². The molecule has 3 N–H and O–H groups in total. The van der Waals surface area contributed by atoms with E-state index in [-0.39, 0.29) is 12.5 Å². The average Bonchev–Trinajstić information content (AvgIpc) is 3.39. The second kappa shape index (κ2) is 8.78. The predicted octanol–water partition coefficient (Wildman–Crippen LogP) is 1.56. The van der Waals surface area contributed by atoms with Gasteiger partial charge in [0.2, 0.25) is 0 Å². The fourth-order valence-corrected chi connectivity index (χ4v) is 4.87. The van der Waals surface area contributed by atoms with Gasteiger partial charge in [-0.3, -0.25) is 9.69 Å². The van der Waals surface area contributed by atoms with Gasteiger partial charge in [-0.05, 0) is 32.9 Å².